The largest absolute Gasteiger partial charge is 0.491 e. The second-order valence-electron chi connectivity index (χ2n) is 9.74. The van der Waals surface area contributed by atoms with E-state index in [0.29, 0.717) is 12.1 Å². The summed E-state index contributed by atoms with van der Waals surface area (Å²) >= 11 is 0. The average Bonchev–Trinajstić information content (AvgIpc) is 3.35. The second kappa shape index (κ2) is 12.4. The molecule has 0 bridgehead atoms. The lowest BCUT2D eigenvalue weighted by Gasteiger charge is -2.26. The Morgan fingerprint density at radius 1 is 1.09 bits per heavy atom. The first-order valence-electron chi connectivity index (χ1n) is 12.7. The number of guanidine groups is 1. The molecule has 0 saturated heterocycles. The van der Waals surface area contributed by atoms with Gasteiger partial charge >= 0.3 is 24.3 Å². The summed E-state index contributed by atoms with van der Waals surface area (Å²) in [4.78, 5) is 53.0. The molecule has 0 saturated carbocycles. The molecule has 2 amide bonds. The van der Waals surface area contributed by atoms with E-state index in [2.05, 4.69) is 25.5 Å². The SMILES string of the molecule is NC(=O)c1cc(NC2=NCC(F)CN2)cc2c1cnn2C(C(N)=O)[C@@H](CC(=O)OC(=O)C(F)(F)F)c1cccc(C(F)(F)F)c1. The minimum atomic E-state index is -5.58. The van der Waals surface area contributed by atoms with E-state index in [1.54, 1.807) is 0 Å². The second-order valence-corrected chi connectivity index (χ2v) is 9.74. The van der Waals surface area contributed by atoms with Crippen LogP contribution < -0.4 is 22.1 Å². The number of rotatable bonds is 8. The lowest BCUT2D eigenvalue weighted by atomic mass is 9.87. The number of alkyl halides is 7. The van der Waals surface area contributed by atoms with E-state index in [-0.39, 0.29) is 41.2 Å². The standard InChI is InChI=1S/C26H22F7N7O5/c27-13-8-36-24(37-9-13)39-14-5-16(21(34)42)17-10-38-40(18(17)6-14)20(22(35)43)15(7-19(41)45-23(44)26(31,32)33)11-2-1-3-12(4-11)25(28,29)30/h1-6,10,13,15,20H,7-9H2,(H2,34,42)(H2,35,43)(H2,36,37,39)/t15-,20?/m0/s1. The van der Waals surface area contributed by atoms with Gasteiger partial charge in [0, 0.05) is 17.0 Å². The van der Waals surface area contributed by atoms with Gasteiger partial charge < -0.3 is 26.8 Å². The Bertz CT molecular complexity index is 1690. The highest BCUT2D eigenvalue weighted by Gasteiger charge is 2.44. The van der Waals surface area contributed by atoms with Gasteiger partial charge in [0.05, 0.1) is 42.4 Å². The van der Waals surface area contributed by atoms with Crippen LogP contribution in [-0.2, 0) is 25.3 Å². The molecule has 1 aliphatic heterocycles. The molecule has 45 heavy (non-hydrogen) atoms. The Morgan fingerprint density at radius 3 is 2.38 bits per heavy atom. The molecular formula is C26H22F7N7O5. The van der Waals surface area contributed by atoms with Gasteiger partial charge in [-0.1, -0.05) is 18.2 Å². The summed E-state index contributed by atoms with van der Waals surface area (Å²) in [5.41, 5.74) is 9.34. The Kier molecular flexibility index (Phi) is 9.01. The first-order chi connectivity index (χ1) is 21.0. The number of aromatic nitrogens is 2. The number of anilines is 1. The summed E-state index contributed by atoms with van der Waals surface area (Å²) < 4.78 is 97.1. The van der Waals surface area contributed by atoms with Crippen LogP contribution in [-0.4, -0.2) is 64.9 Å². The molecule has 19 heteroatoms. The van der Waals surface area contributed by atoms with Crippen molar-refractivity contribution in [2.75, 3.05) is 18.4 Å². The lowest BCUT2D eigenvalue weighted by molar-refractivity contribution is -0.202. The number of hydrogen-bond acceptors (Lipinski definition) is 9. The number of benzene rings is 2. The number of nitrogens with zero attached hydrogens (tertiary/aromatic N) is 3. The fourth-order valence-corrected chi connectivity index (χ4v) is 4.61. The topological polar surface area (TPSA) is 184 Å². The number of halogens is 7. The summed E-state index contributed by atoms with van der Waals surface area (Å²) in [6.45, 7) is -0.280. The maximum absolute atomic E-state index is 13.6. The smallest absolute Gasteiger partial charge is 0.386 e. The van der Waals surface area contributed by atoms with Gasteiger partial charge in [0.1, 0.15) is 12.2 Å². The molecule has 3 atom stereocenters. The summed E-state index contributed by atoms with van der Waals surface area (Å²) in [7, 11) is 0. The molecule has 6 N–H and O–H groups in total. The molecule has 0 radical (unpaired) electrons. The van der Waals surface area contributed by atoms with E-state index < -0.39 is 71.8 Å². The number of aliphatic imine (C=N–C) groups is 1. The van der Waals surface area contributed by atoms with Gasteiger partial charge in [-0.2, -0.15) is 31.4 Å². The Balaban J connectivity index is 1.86. The minimum Gasteiger partial charge on any atom is -0.386 e. The van der Waals surface area contributed by atoms with Crippen LogP contribution in [0.15, 0.2) is 47.6 Å². The third-order valence-electron chi connectivity index (χ3n) is 6.59. The highest BCUT2D eigenvalue weighted by molar-refractivity contribution is 6.08. The van der Waals surface area contributed by atoms with Crippen LogP contribution in [0.2, 0.25) is 0 Å². The number of hydrogen-bond donors (Lipinski definition) is 4. The molecule has 2 unspecified atom stereocenters. The van der Waals surface area contributed by atoms with Crippen molar-refractivity contribution in [2.24, 2.45) is 16.5 Å². The highest BCUT2D eigenvalue weighted by atomic mass is 19.4. The van der Waals surface area contributed by atoms with E-state index in [1.165, 1.54) is 12.1 Å². The molecule has 4 rings (SSSR count). The molecule has 240 valence electrons. The monoisotopic (exact) mass is 645 g/mol. The molecule has 0 aliphatic carbocycles. The van der Waals surface area contributed by atoms with Crippen LogP contribution in [0.5, 0.6) is 0 Å². The molecule has 0 spiro atoms. The fraction of sp³-hybridized carbons (Fsp3) is 0.308. The normalized spacial score (nSPS) is 16.7. The van der Waals surface area contributed by atoms with Gasteiger partial charge in [0.2, 0.25) is 11.8 Å². The maximum atomic E-state index is 13.6. The minimum absolute atomic E-state index is 0.0132. The van der Waals surface area contributed by atoms with Crippen molar-refractivity contribution in [1.82, 2.24) is 15.1 Å². The number of nitrogens with two attached hydrogens (primary N) is 2. The zero-order valence-corrected chi connectivity index (χ0v) is 22.6. The number of nitrogens with one attached hydrogen (secondary N) is 2. The highest BCUT2D eigenvalue weighted by Crippen LogP contribution is 2.38. The van der Waals surface area contributed by atoms with Gasteiger partial charge in [-0.3, -0.25) is 19.1 Å². The number of esters is 2. The van der Waals surface area contributed by atoms with Gasteiger partial charge in [0.25, 0.3) is 0 Å². The van der Waals surface area contributed by atoms with Gasteiger partial charge in [-0.15, -0.1) is 0 Å². The van der Waals surface area contributed by atoms with Crippen LogP contribution in [0, 0.1) is 0 Å². The van der Waals surface area contributed by atoms with Crippen molar-refractivity contribution in [1.29, 1.82) is 0 Å². The van der Waals surface area contributed by atoms with Crippen molar-refractivity contribution in [3.05, 3.63) is 59.3 Å². The molecule has 12 nitrogen and oxygen atoms in total. The Hall–Kier alpha value is -5.23. The molecule has 1 aliphatic rings. The quantitative estimate of drug-likeness (QED) is 0.164. The zero-order chi connectivity index (χ0) is 33.3. The number of fused-ring (bicyclic) bond motifs is 1. The Morgan fingerprint density at radius 2 is 1.80 bits per heavy atom. The molecule has 0 fully saturated rings. The van der Waals surface area contributed by atoms with Crippen LogP contribution in [0.4, 0.5) is 36.4 Å². The number of amides is 2. The van der Waals surface area contributed by atoms with Crippen LogP contribution in [0.3, 0.4) is 0 Å². The molecular weight excluding hydrogens is 623 g/mol. The van der Waals surface area contributed by atoms with Crippen LogP contribution >= 0.6 is 0 Å². The first kappa shape index (κ1) is 32.7. The maximum Gasteiger partial charge on any atom is 0.491 e. The predicted octanol–water partition coefficient (Wildman–Crippen LogP) is 2.70. The van der Waals surface area contributed by atoms with Gasteiger partial charge in [-0.25, -0.2) is 14.2 Å². The summed E-state index contributed by atoms with van der Waals surface area (Å²) in [6, 6.07) is 3.83. The summed E-state index contributed by atoms with van der Waals surface area (Å²) in [6.07, 6.45) is -11.9. The van der Waals surface area contributed by atoms with E-state index in [4.69, 9.17) is 11.5 Å². The van der Waals surface area contributed by atoms with Crippen molar-refractivity contribution in [3.8, 4) is 0 Å². The zero-order valence-electron chi connectivity index (χ0n) is 22.6. The number of carbonyl (C=O) groups is 4. The number of carbonyl (C=O) groups excluding carboxylic acids is 4. The van der Waals surface area contributed by atoms with Crippen molar-refractivity contribution < 1.29 is 54.6 Å². The average molecular weight is 645 g/mol. The summed E-state index contributed by atoms with van der Waals surface area (Å²) in [5.74, 6) is -8.73. The fourth-order valence-electron chi connectivity index (χ4n) is 4.61. The van der Waals surface area contributed by atoms with Crippen molar-refractivity contribution in [2.45, 2.75) is 36.9 Å². The molecule has 1 aromatic heterocycles. The van der Waals surface area contributed by atoms with E-state index in [9.17, 15) is 49.9 Å². The van der Waals surface area contributed by atoms with E-state index in [0.717, 1.165) is 23.0 Å². The summed E-state index contributed by atoms with van der Waals surface area (Å²) in [5, 5.41) is 9.52. The third kappa shape index (κ3) is 7.47. The first-order valence-corrected chi connectivity index (χ1v) is 12.7. The molecule has 2 heterocycles. The molecule has 2 aromatic carbocycles. The van der Waals surface area contributed by atoms with Crippen LogP contribution in [0.25, 0.3) is 10.9 Å². The third-order valence-corrected chi connectivity index (χ3v) is 6.59. The molecule has 3 aromatic rings. The predicted molar refractivity (Wildman–Crippen MR) is 141 cm³/mol. The van der Waals surface area contributed by atoms with E-state index >= 15 is 0 Å². The van der Waals surface area contributed by atoms with Crippen molar-refractivity contribution >= 4 is 46.3 Å². The van der Waals surface area contributed by atoms with Crippen LogP contribution in [0.1, 0.15) is 39.9 Å². The van der Waals surface area contributed by atoms with Gasteiger partial charge in [-0.05, 0) is 23.8 Å². The lowest BCUT2D eigenvalue weighted by Crippen LogP contribution is -2.41. The van der Waals surface area contributed by atoms with E-state index in [1.807, 2.05) is 0 Å². The Labute approximate surface area is 247 Å². The van der Waals surface area contributed by atoms with Gasteiger partial charge in [0.15, 0.2) is 5.96 Å². The van der Waals surface area contributed by atoms with Crippen molar-refractivity contribution in [3.63, 3.8) is 0 Å². The number of primary amides is 2. The number of ether oxygens (including phenoxy) is 1.